The second-order valence-corrected chi connectivity index (χ2v) is 4.81. The Labute approximate surface area is 111 Å². The largest absolute Gasteiger partial charge is 0.476 e. The number of aromatic nitrogens is 1. The van der Waals surface area contributed by atoms with Crippen molar-refractivity contribution in [2.75, 3.05) is 18.9 Å². The van der Waals surface area contributed by atoms with Gasteiger partial charge >= 0.3 is 12.0 Å². The first-order chi connectivity index (χ1) is 9.08. The summed E-state index contributed by atoms with van der Waals surface area (Å²) < 4.78 is 0. The standard InChI is InChI=1S/C13H17N3O3/c1-16(8-9-4-2-5-9)13(19)15-10-6-3-7-14-11(10)12(17)18/h3,6-7,9H,2,4-5,8H2,1H3,(H,15,19)(H,17,18). The van der Waals surface area contributed by atoms with Crippen LogP contribution in [0.5, 0.6) is 0 Å². The number of anilines is 1. The van der Waals surface area contributed by atoms with Crippen molar-refractivity contribution in [1.29, 1.82) is 0 Å². The van der Waals surface area contributed by atoms with Crippen LogP contribution in [-0.4, -0.2) is 40.6 Å². The van der Waals surface area contributed by atoms with Crippen LogP contribution < -0.4 is 5.32 Å². The Morgan fingerprint density at radius 3 is 2.84 bits per heavy atom. The van der Waals surface area contributed by atoms with Crippen molar-refractivity contribution in [3.8, 4) is 0 Å². The van der Waals surface area contributed by atoms with E-state index in [2.05, 4.69) is 10.3 Å². The molecule has 0 radical (unpaired) electrons. The first-order valence-corrected chi connectivity index (χ1v) is 6.28. The first kappa shape index (κ1) is 13.3. The average Bonchev–Trinajstić information content (AvgIpc) is 2.33. The van der Waals surface area contributed by atoms with Gasteiger partial charge in [0.05, 0.1) is 5.69 Å². The van der Waals surface area contributed by atoms with Gasteiger partial charge in [0.2, 0.25) is 0 Å². The van der Waals surface area contributed by atoms with Crippen molar-refractivity contribution < 1.29 is 14.7 Å². The highest BCUT2D eigenvalue weighted by molar-refractivity contribution is 5.98. The molecule has 0 spiro atoms. The topological polar surface area (TPSA) is 82.5 Å². The minimum Gasteiger partial charge on any atom is -0.476 e. The smallest absolute Gasteiger partial charge is 0.356 e. The normalized spacial score (nSPS) is 14.6. The Kier molecular flexibility index (Phi) is 3.99. The van der Waals surface area contributed by atoms with Gasteiger partial charge in [-0.15, -0.1) is 0 Å². The summed E-state index contributed by atoms with van der Waals surface area (Å²) in [5.41, 5.74) is 0.0772. The summed E-state index contributed by atoms with van der Waals surface area (Å²) in [6.07, 6.45) is 4.93. The minimum absolute atomic E-state index is 0.145. The molecule has 1 saturated carbocycles. The molecule has 0 unspecified atom stereocenters. The van der Waals surface area contributed by atoms with Gasteiger partial charge in [-0.3, -0.25) is 0 Å². The van der Waals surface area contributed by atoms with Crippen molar-refractivity contribution in [3.63, 3.8) is 0 Å². The molecular formula is C13H17N3O3. The highest BCUT2D eigenvalue weighted by atomic mass is 16.4. The van der Waals surface area contributed by atoms with E-state index >= 15 is 0 Å². The zero-order valence-electron chi connectivity index (χ0n) is 10.8. The predicted molar refractivity (Wildman–Crippen MR) is 70.2 cm³/mol. The van der Waals surface area contributed by atoms with Crippen LogP contribution in [0, 0.1) is 5.92 Å². The third-order valence-electron chi connectivity index (χ3n) is 3.36. The van der Waals surface area contributed by atoms with E-state index < -0.39 is 5.97 Å². The number of pyridine rings is 1. The number of rotatable bonds is 4. The van der Waals surface area contributed by atoms with Gasteiger partial charge in [0.1, 0.15) is 0 Å². The SMILES string of the molecule is CN(CC1CCC1)C(=O)Nc1cccnc1C(=O)O. The molecular weight excluding hydrogens is 246 g/mol. The summed E-state index contributed by atoms with van der Waals surface area (Å²) in [7, 11) is 1.71. The lowest BCUT2D eigenvalue weighted by Gasteiger charge is -2.30. The monoisotopic (exact) mass is 263 g/mol. The molecule has 1 aromatic rings. The number of urea groups is 1. The van der Waals surface area contributed by atoms with Gasteiger partial charge in [0.15, 0.2) is 5.69 Å². The molecule has 1 aromatic heterocycles. The lowest BCUT2D eigenvalue weighted by atomic mass is 9.85. The van der Waals surface area contributed by atoms with Crippen molar-refractivity contribution in [2.24, 2.45) is 5.92 Å². The molecule has 6 heteroatoms. The predicted octanol–water partition coefficient (Wildman–Crippen LogP) is 2.04. The molecule has 1 aliphatic rings. The van der Waals surface area contributed by atoms with Gasteiger partial charge < -0.3 is 15.3 Å². The minimum atomic E-state index is -1.16. The maximum absolute atomic E-state index is 12.0. The molecule has 0 aromatic carbocycles. The number of carbonyl (C=O) groups excluding carboxylic acids is 1. The molecule has 0 atom stereocenters. The maximum Gasteiger partial charge on any atom is 0.356 e. The van der Waals surface area contributed by atoms with Crippen LogP contribution in [0.3, 0.4) is 0 Å². The molecule has 19 heavy (non-hydrogen) atoms. The number of hydrogen-bond donors (Lipinski definition) is 2. The van der Waals surface area contributed by atoms with E-state index in [-0.39, 0.29) is 17.4 Å². The summed E-state index contributed by atoms with van der Waals surface area (Å²) in [6.45, 7) is 0.703. The molecule has 2 amide bonds. The van der Waals surface area contributed by atoms with Crippen molar-refractivity contribution in [1.82, 2.24) is 9.88 Å². The fourth-order valence-electron chi connectivity index (χ4n) is 2.03. The van der Waals surface area contributed by atoms with Crippen LogP contribution >= 0.6 is 0 Å². The number of hydrogen-bond acceptors (Lipinski definition) is 3. The Morgan fingerprint density at radius 1 is 1.53 bits per heavy atom. The van der Waals surface area contributed by atoms with Crippen molar-refractivity contribution in [2.45, 2.75) is 19.3 Å². The van der Waals surface area contributed by atoms with Gasteiger partial charge in [-0.2, -0.15) is 0 Å². The fourth-order valence-corrected chi connectivity index (χ4v) is 2.03. The van der Waals surface area contributed by atoms with Crippen LogP contribution in [0.25, 0.3) is 0 Å². The number of carboxylic acids is 1. The highest BCUT2D eigenvalue weighted by Gasteiger charge is 2.22. The summed E-state index contributed by atoms with van der Waals surface area (Å²) in [4.78, 5) is 28.3. The number of carbonyl (C=O) groups is 2. The first-order valence-electron chi connectivity index (χ1n) is 6.28. The lowest BCUT2D eigenvalue weighted by molar-refractivity contribution is 0.0691. The van der Waals surface area contributed by atoms with E-state index in [0.29, 0.717) is 12.5 Å². The number of aromatic carboxylic acids is 1. The Bertz CT molecular complexity index is 486. The van der Waals surface area contributed by atoms with E-state index in [0.717, 1.165) is 12.8 Å². The molecule has 2 rings (SSSR count). The Balaban J connectivity index is 1.99. The summed E-state index contributed by atoms with van der Waals surface area (Å²) in [5.74, 6) is -0.582. The van der Waals surface area contributed by atoms with Crippen molar-refractivity contribution in [3.05, 3.63) is 24.0 Å². The van der Waals surface area contributed by atoms with Crippen molar-refractivity contribution >= 4 is 17.7 Å². The summed E-state index contributed by atoms with van der Waals surface area (Å²) >= 11 is 0. The quantitative estimate of drug-likeness (QED) is 0.870. The number of amides is 2. The molecule has 102 valence electrons. The van der Waals surface area contributed by atoms with E-state index in [9.17, 15) is 9.59 Å². The number of nitrogens with one attached hydrogen (secondary N) is 1. The third-order valence-corrected chi connectivity index (χ3v) is 3.36. The van der Waals surface area contributed by atoms with E-state index in [1.807, 2.05) is 0 Å². The van der Waals surface area contributed by atoms with E-state index in [1.54, 1.807) is 18.0 Å². The zero-order chi connectivity index (χ0) is 13.8. The van der Waals surface area contributed by atoms with Crippen LogP contribution in [0.4, 0.5) is 10.5 Å². The third kappa shape index (κ3) is 3.21. The van der Waals surface area contributed by atoms with Crippen LogP contribution in [0.15, 0.2) is 18.3 Å². The molecule has 2 N–H and O–H groups in total. The van der Waals surface area contributed by atoms with Gasteiger partial charge in [0.25, 0.3) is 0 Å². The number of nitrogens with zero attached hydrogens (tertiary/aromatic N) is 2. The second-order valence-electron chi connectivity index (χ2n) is 4.81. The highest BCUT2D eigenvalue weighted by Crippen LogP contribution is 2.26. The van der Waals surface area contributed by atoms with Gasteiger partial charge in [-0.05, 0) is 30.9 Å². The van der Waals surface area contributed by atoms with Crippen LogP contribution in [0.2, 0.25) is 0 Å². The van der Waals surface area contributed by atoms with Crippen LogP contribution in [0.1, 0.15) is 29.8 Å². The molecule has 0 saturated heterocycles. The summed E-state index contributed by atoms with van der Waals surface area (Å²) in [6, 6.07) is 2.82. The Morgan fingerprint density at radius 2 is 2.26 bits per heavy atom. The summed E-state index contributed by atoms with van der Waals surface area (Å²) in [5, 5.41) is 11.6. The van der Waals surface area contributed by atoms with Gasteiger partial charge in [-0.1, -0.05) is 6.42 Å². The van der Waals surface area contributed by atoms with E-state index in [4.69, 9.17) is 5.11 Å². The molecule has 1 fully saturated rings. The maximum atomic E-state index is 12.0. The van der Waals surface area contributed by atoms with Gasteiger partial charge in [-0.25, -0.2) is 14.6 Å². The molecule has 0 bridgehead atoms. The van der Waals surface area contributed by atoms with Gasteiger partial charge in [0, 0.05) is 19.8 Å². The zero-order valence-corrected chi connectivity index (χ0v) is 10.8. The van der Waals surface area contributed by atoms with E-state index in [1.165, 1.54) is 18.7 Å². The number of carboxylic acid groups (broad SMARTS) is 1. The molecule has 6 nitrogen and oxygen atoms in total. The molecule has 1 heterocycles. The van der Waals surface area contributed by atoms with Crippen LogP contribution in [-0.2, 0) is 0 Å². The Hall–Kier alpha value is -2.11. The average molecular weight is 263 g/mol. The second kappa shape index (κ2) is 5.69. The fraction of sp³-hybridized carbons (Fsp3) is 0.462. The molecule has 0 aliphatic heterocycles. The lowest BCUT2D eigenvalue weighted by Crippen LogP contribution is -2.37. The molecule has 1 aliphatic carbocycles.